The lowest BCUT2D eigenvalue weighted by atomic mass is 10.1. The minimum atomic E-state index is -0.104. The van der Waals surface area contributed by atoms with E-state index < -0.39 is 0 Å². The van der Waals surface area contributed by atoms with Gasteiger partial charge in [-0.1, -0.05) is 41.7 Å². The van der Waals surface area contributed by atoms with Crippen molar-refractivity contribution in [3.8, 4) is 0 Å². The van der Waals surface area contributed by atoms with Crippen LogP contribution in [0.25, 0.3) is 10.9 Å². The number of nitrogens with one attached hydrogen (secondary N) is 1. The van der Waals surface area contributed by atoms with Crippen molar-refractivity contribution in [3.05, 3.63) is 42.6 Å². The summed E-state index contributed by atoms with van der Waals surface area (Å²) >= 11 is 18.1. The number of hydrogen-bond acceptors (Lipinski definition) is 1. The van der Waals surface area contributed by atoms with Crippen LogP contribution in [0.15, 0.2) is 10.9 Å². The molecule has 90 valence electrons. The fourth-order valence-electron chi connectivity index (χ4n) is 1.94. The van der Waals surface area contributed by atoms with Crippen LogP contribution in [0.3, 0.4) is 0 Å². The first-order valence-corrected chi connectivity index (χ1v) is 6.29. The molecule has 1 aromatic heterocycles. The third-order valence-corrected chi connectivity index (χ3v) is 3.88. The maximum absolute atomic E-state index is 12.3. The van der Waals surface area contributed by atoms with Gasteiger partial charge in [0.1, 0.15) is 0 Å². The van der Waals surface area contributed by atoms with Crippen LogP contribution in [-0.2, 0) is 6.42 Å². The third kappa shape index (κ3) is 1.95. The Labute approximate surface area is 113 Å². The molecule has 1 N–H and O–H groups in total. The Morgan fingerprint density at radius 2 is 1.88 bits per heavy atom. The predicted molar refractivity (Wildman–Crippen MR) is 73.7 cm³/mol. The fourth-order valence-corrected chi connectivity index (χ4v) is 2.69. The van der Waals surface area contributed by atoms with E-state index >= 15 is 0 Å². The number of aromatic nitrogens is 1. The van der Waals surface area contributed by atoms with Gasteiger partial charge in [0.15, 0.2) is 5.43 Å². The number of fused-ring (bicyclic) bond motifs is 1. The van der Waals surface area contributed by atoms with E-state index in [1.165, 1.54) is 6.07 Å². The van der Waals surface area contributed by atoms with Crippen LogP contribution in [0.5, 0.6) is 0 Å². The Balaban J connectivity index is 3.08. The van der Waals surface area contributed by atoms with Crippen molar-refractivity contribution >= 4 is 45.7 Å². The second-order valence-electron chi connectivity index (χ2n) is 3.82. The van der Waals surface area contributed by atoms with Crippen LogP contribution in [0, 0.1) is 6.92 Å². The van der Waals surface area contributed by atoms with Crippen molar-refractivity contribution in [2.24, 2.45) is 0 Å². The van der Waals surface area contributed by atoms with E-state index in [1.807, 2.05) is 13.8 Å². The van der Waals surface area contributed by atoms with Crippen LogP contribution in [-0.4, -0.2) is 4.98 Å². The van der Waals surface area contributed by atoms with E-state index in [0.717, 1.165) is 5.69 Å². The van der Waals surface area contributed by atoms with Gasteiger partial charge in [0.25, 0.3) is 0 Å². The lowest BCUT2D eigenvalue weighted by Crippen LogP contribution is -2.13. The van der Waals surface area contributed by atoms with Gasteiger partial charge in [0.2, 0.25) is 0 Å². The number of aryl methyl sites for hydroxylation is 1. The normalized spacial score (nSPS) is 11.1. The van der Waals surface area contributed by atoms with Crippen LogP contribution in [0.4, 0.5) is 0 Å². The van der Waals surface area contributed by atoms with E-state index in [1.54, 1.807) is 0 Å². The standard InChI is InChI=1S/C12H10Cl3NO/c1-3-6-5(2)16-11-8(14)4-7(13)10(15)9(11)12(6)17/h4H,3H2,1-2H3,(H,16,17). The number of rotatable bonds is 1. The number of halogens is 3. The molecular formula is C12H10Cl3NO. The van der Waals surface area contributed by atoms with Crippen LogP contribution in [0.1, 0.15) is 18.2 Å². The first kappa shape index (κ1) is 12.7. The summed E-state index contributed by atoms with van der Waals surface area (Å²) in [6.07, 6.45) is 0.636. The Morgan fingerprint density at radius 3 is 2.47 bits per heavy atom. The molecular weight excluding hydrogens is 280 g/mol. The van der Waals surface area contributed by atoms with Gasteiger partial charge >= 0.3 is 0 Å². The molecule has 2 rings (SSSR count). The van der Waals surface area contributed by atoms with Crippen molar-refractivity contribution in [1.29, 1.82) is 0 Å². The van der Waals surface area contributed by atoms with Gasteiger partial charge < -0.3 is 4.98 Å². The maximum atomic E-state index is 12.3. The second-order valence-corrected chi connectivity index (χ2v) is 5.01. The highest BCUT2D eigenvalue weighted by Crippen LogP contribution is 2.33. The summed E-state index contributed by atoms with van der Waals surface area (Å²) in [7, 11) is 0. The van der Waals surface area contributed by atoms with Gasteiger partial charge in [-0.2, -0.15) is 0 Å². The summed E-state index contributed by atoms with van der Waals surface area (Å²) in [6.45, 7) is 3.77. The van der Waals surface area contributed by atoms with Gasteiger partial charge in [-0.15, -0.1) is 0 Å². The Morgan fingerprint density at radius 1 is 1.24 bits per heavy atom. The molecule has 0 fully saturated rings. The topological polar surface area (TPSA) is 32.9 Å². The second kappa shape index (κ2) is 4.52. The van der Waals surface area contributed by atoms with Gasteiger partial charge in [0, 0.05) is 11.3 Å². The molecule has 17 heavy (non-hydrogen) atoms. The first-order valence-electron chi connectivity index (χ1n) is 5.16. The maximum Gasteiger partial charge on any atom is 0.194 e. The zero-order valence-electron chi connectivity index (χ0n) is 9.33. The van der Waals surface area contributed by atoms with Gasteiger partial charge in [-0.25, -0.2) is 0 Å². The lowest BCUT2D eigenvalue weighted by Gasteiger charge is -2.09. The third-order valence-electron chi connectivity index (χ3n) is 2.79. The quantitative estimate of drug-likeness (QED) is 0.778. The molecule has 0 atom stereocenters. The molecule has 0 saturated carbocycles. The lowest BCUT2D eigenvalue weighted by molar-refractivity contribution is 1.05. The molecule has 0 aliphatic heterocycles. The molecule has 0 amide bonds. The largest absolute Gasteiger partial charge is 0.357 e. The minimum absolute atomic E-state index is 0.104. The summed E-state index contributed by atoms with van der Waals surface area (Å²) in [5.74, 6) is 0. The van der Waals surface area contributed by atoms with E-state index in [9.17, 15) is 4.79 Å². The summed E-state index contributed by atoms with van der Waals surface area (Å²) in [4.78, 5) is 15.4. The van der Waals surface area contributed by atoms with Crippen molar-refractivity contribution in [3.63, 3.8) is 0 Å². The molecule has 0 spiro atoms. The number of benzene rings is 1. The Bertz CT molecular complexity index is 661. The smallest absolute Gasteiger partial charge is 0.194 e. The average Bonchev–Trinajstić information content (AvgIpc) is 2.26. The van der Waals surface area contributed by atoms with E-state index in [2.05, 4.69) is 4.98 Å². The van der Waals surface area contributed by atoms with E-state index in [0.29, 0.717) is 32.9 Å². The fraction of sp³-hybridized carbons (Fsp3) is 0.250. The van der Waals surface area contributed by atoms with Gasteiger partial charge in [-0.05, 0) is 19.4 Å². The molecule has 5 heteroatoms. The van der Waals surface area contributed by atoms with Crippen LogP contribution in [0.2, 0.25) is 15.1 Å². The highest BCUT2D eigenvalue weighted by atomic mass is 35.5. The summed E-state index contributed by atoms with van der Waals surface area (Å²) in [6, 6.07) is 1.54. The highest BCUT2D eigenvalue weighted by molar-refractivity contribution is 6.47. The number of pyridine rings is 1. The van der Waals surface area contributed by atoms with Crippen molar-refractivity contribution in [2.45, 2.75) is 20.3 Å². The number of H-pyrrole nitrogens is 1. The summed E-state index contributed by atoms with van der Waals surface area (Å²) in [5, 5.41) is 1.31. The SMILES string of the molecule is CCc1c(C)[nH]c2c(Cl)cc(Cl)c(Cl)c2c1=O. The molecule has 0 unspecified atom stereocenters. The number of aromatic amines is 1. The number of hydrogen-bond donors (Lipinski definition) is 1. The highest BCUT2D eigenvalue weighted by Gasteiger charge is 2.15. The first-order chi connectivity index (χ1) is 7.97. The Kier molecular flexibility index (Phi) is 3.39. The predicted octanol–water partition coefficient (Wildman–Crippen LogP) is 4.36. The van der Waals surface area contributed by atoms with Crippen molar-refractivity contribution in [2.75, 3.05) is 0 Å². The summed E-state index contributed by atoms with van der Waals surface area (Å²) < 4.78 is 0. The molecule has 1 aromatic carbocycles. The zero-order valence-corrected chi connectivity index (χ0v) is 11.6. The monoisotopic (exact) mass is 289 g/mol. The minimum Gasteiger partial charge on any atom is -0.357 e. The van der Waals surface area contributed by atoms with E-state index in [-0.39, 0.29) is 10.5 Å². The molecule has 2 aromatic rings. The van der Waals surface area contributed by atoms with Crippen molar-refractivity contribution in [1.82, 2.24) is 4.98 Å². The molecule has 0 saturated heterocycles. The summed E-state index contributed by atoms with van der Waals surface area (Å²) in [5.41, 5.74) is 1.96. The zero-order chi connectivity index (χ0) is 12.7. The van der Waals surface area contributed by atoms with Crippen LogP contribution >= 0.6 is 34.8 Å². The molecule has 0 bridgehead atoms. The van der Waals surface area contributed by atoms with Gasteiger partial charge in [0.05, 0.1) is 26.0 Å². The molecule has 0 aliphatic carbocycles. The van der Waals surface area contributed by atoms with Crippen molar-refractivity contribution < 1.29 is 0 Å². The molecule has 0 radical (unpaired) electrons. The van der Waals surface area contributed by atoms with Crippen LogP contribution < -0.4 is 5.43 Å². The van der Waals surface area contributed by atoms with E-state index in [4.69, 9.17) is 34.8 Å². The Hall–Kier alpha value is -0.700. The average molecular weight is 291 g/mol. The molecule has 2 nitrogen and oxygen atoms in total. The van der Waals surface area contributed by atoms with Gasteiger partial charge in [-0.3, -0.25) is 4.79 Å². The molecule has 1 heterocycles. The molecule has 0 aliphatic rings.